The molecule has 0 radical (unpaired) electrons. The number of fused-ring (bicyclic) bond motifs is 1. The largest absolute Gasteiger partial charge is 0.324 e. The monoisotopic (exact) mass is 325 g/mol. The fourth-order valence-electron chi connectivity index (χ4n) is 3.48. The van der Waals surface area contributed by atoms with Crippen molar-refractivity contribution in [3.8, 4) is 0 Å². The number of rotatable bonds is 3. The lowest BCUT2D eigenvalue weighted by molar-refractivity contribution is 0.159. The maximum atomic E-state index is 6.11. The second-order valence-electron chi connectivity index (χ2n) is 6.07. The summed E-state index contributed by atoms with van der Waals surface area (Å²) in [5.74, 6) is 2.28. The summed E-state index contributed by atoms with van der Waals surface area (Å²) < 4.78 is 2.41. The van der Waals surface area contributed by atoms with Crippen molar-refractivity contribution in [2.24, 2.45) is 5.92 Å². The summed E-state index contributed by atoms with van der Waals surface area (Å²) in [5, 5.41) is 0.737. The van der Waals surface area contributed by atoms with Crippen molar-refractivity contribution < 1.29 is 0 Å². The molecule has 5 heteroatoms. The number of likely N-dealkylation sites (tertiary alicyclic amines) is 1. The second-order valence-corrected chi connectivity index (χ2v) is 6.88. The number of imidazole rings is 1. The number of piperidine rings is 1. The van der Waals surface area contributed by atoms with E-state index in [4.69, 9.17) is 28.2 Å². The molecule has 0 amide bonds. The third-order valence-corrected chi connectivity index (χ3v) is 4.86. The van der Waals surface area contributed by atoms with Crippen LogP contribution in [0.15, 0.2) is 18.2 Å². The number of aryl methyl sites for hydroxylation is 1. The molecule has 2 aromatic rings. The topological polar surface area (TPSA) is 21.1 Å². The van der Waals surface area contributed by atoms with Gasteiger partial charge < -0.3 is 9.47 Å². The van der Waals surface area contributed by atoms with E-state index in [-0.39, 0.29) is 0 Å². The van der Waals surface area contributed by atoms with Crippen LogP contribution in [0.5, 0.6) is 0 Å². The molecule has 2 heterocycles. The summed E-state index contributed by atoms with van der Waals surface area (Å²) in [6.07, 6.45) is 1.95. The summed E-state index contributed by atoms with van der Waals surface area (Å²) in [4.78, 5) is 7.17. The van der Waals surface area contributed by atoms with E-state index in [1.165, 1.54) is 5.52 Å². The highest BCUT2D eigenvalue weighted by atomic mass is 35.5. The molecule has 1 aliphatic heterocycles. The Balaban J connectivity index is 2.08. The maximum Gasteiger partial charge on any atom is 0.111 e. The number of aromatic nitrogens is 2. The first-order chi connectivity index (χ1) is 10.1. The van der Waals surface area contributed by atoms with Crippen LogP contribution in [0.25, 0.3) is 11.0 Å². The zero-order valence-electron chi connectivity index (χ0n) is 12.5. The van der Waals surface area contributed by atoms with E-state index >= 15 is 0 Å². The Morgan fingerprint density at radius 2 is 2.19 bits per heavy atom. The third-order valence-electron chi connectivity index (χ3n) is 4.44. The van der Waals surface area contributed by atoms with Crippen molar-refractivity contribution in [1.82, 2.24) is 14.5 Å². The molecular formula is C16H21Cl2N3. The van der Waals surface area contributed by atoms with Gasteiger partial charge >= 0.3 is 0 Å². The lowest BCUT2D eigenvalue weighted by Gasteiger charge is -2.36. The molecule has 21 heavy (non-hydrogen) atoms. The Bertz CT molecular complexity index is 638. The number of hydrogen-bond acceptors (Lipinski definition) is 2. The maximum absolute atomic E-state index is 6.11. The van der Waals surface area contributed by atoms with Gasteiger partial charge in [0, 0.05) is 29.9 Å². The van der Waals surface area contributed by atoms with Gasteiger partial charge in [0.25, 0.3) is 0 Å². The van der Waals surface area contributed by atoms with Crippen molar-refractivity contribution in [3.05, 3.63) is 29.0 Å². The molecule has 0 N–H and O–H groups in total. The van der Waals surface area contributed by atoms with E-state index in [9.17, 15) is 0 Å². The van der Waals surface area contributed by atoms with E-state index in [0.717, 1.165) is 42.3 Å². The van der Waals surface area contributed by atoms with Gasteiger partial charge in [-0.05, 0) is 44.1 Å². The SMILES string of the molecule is CC1CN(C)CCC1n1c(CCCl)nc2cc(Cl)ccc21. The fraction of sp³-hybridized carbons (Fsp3) is 0.562. The number of benzene rings is 1. The average molecular weight is 326 g/mol. The van der Waals surface area contributed by atoms with E-state index < -0.39 is 0 Å². The lowest BCUT2D eigenvalue weighted by atomic mass is 9.93. The van der Waals surface area contributed by atoms with Crippen LogP contribution in [0.3, 0.4) is 0 Å². The molecule has 1 saturated heterocycles. The summed E-state index contributed by atoms with van der Waals surface area (Å²) in [6.45, 7) is 4.58. The Morgan fingerprint density at radius 1 is 1.38 bits per heavy atom. The minimum absolute atomic E-state index is 0.491. The van der Waals surface area contributed by atoms with Crippen LogP contribution in [0.4, 0.5) is 0 Å². The van der Waals surface area contributed by atoms with Crippen LogP contribution in [-0.2, 0) is 6.42 Å². The van der Waals surface area contributed by atoms with Crippen molar-refractivity contribution in [3.63, 3.8) is 0 Å². The normalized spacial score (nSPS) is 23.8. The van der Waals surface area contributed by atoms with Crippen molar-refractivity contribution >= 4 is 34.2 Å². The van der Waals surface area contributed by atoms with E-state index in [2.05, 4.69) is 29.5 Å². The van der Waals surface area contributed by atoms with Gasteiger partial charge in [0.1, 0.15) is 5.82 Å². The van der Waals surface area contributed by atoms with Gasteiger partial charge in [0.2, 0.25) is 0 Å². The molecule has 0 spiro atoms. The molecule has 1 aliphatic rings. The Hall–Kier alpha value is -0.770. The highest BCUT2D eigenvalue weighted by Crippen LogP contribution is 2.33. The van der Waals surface area contributed by atoms with Gasteiger partial charge in [-0.25, -0.2) is 4.98 Å². The molecule has 0 saturated carbocycles. The molecular weight excluding hydrogens is 305 g/mol. The van der Waals surface area contributed by atoms with E-state index in [0.29, 0.717) is 17.8 Å². The van der Waals surface area contributed by atoms with Crippen LogP contribution in [0.2, 0.25) is 5.02 Å². The standard InChI is InChI=1S/C16H21Cl2N3/c1-11-10-20(2)8-6-14(11)21-15-4-3-12(18)9-13(15)19-16(21)5-7-17/h3-4,9,11,14H,5-8,10H2,1-2H3. The number of nitrogens with zero attached hydrogens (tertiary/aromatic N) is 3. The quantitative estimate of drug-likeness (QED) is 0.796. The fourth-order valence-corrected chi connectivity index (χ4v) is 3.81. The first-order valence-electron chi connectivity index (χ1n) is 7.51. The molecule has 2 unspecified atom stereocenters. The lowest BCUT2D eigenvalue weighted by Crippen LogP contribution is -2.38. The molecule has 0 bridgehead atoms. The van der Waals surface area contributed by atoms with Crippen LogP contribution < -0.4 is 0 Å². The van der Waals surface area contributed by atoms with Crippen LogP contribution in [0, 0.1) is 5.92 Å². The van der Waals surface area contributed by atoms with Gasteiger partial charge in [-0.3, -0.25) is 0 Å². The molecule has 3 nitrogen and oxygen atoms in total. The Morgan fingerprint density at radius 3 is 2.90 bits per heavy atom. The van der Waals surface area contributed by atoms with Crippen LogP contribution >= 0.6 is 23.2 Å². The van der Waals surface area contributed by atoms with Gasteiger partial charge in [-0.1, -0.05) is 18.5 Å². The third kappa shape index (κ3) is 2.92. The smallest absolute Gasteiger partial charge is 0.111 e. The molecule has 114 valence electrons. The van der Waals surface area contributed by atoms with Crippen LogP contribution in [0.1, 0.15) is 25.2 Å². The van der Waals surface area contributed by atoms with Gasteiger partial charge in [-0.2, -0.15) is 0 Å². The molecule has 1 fully saturated rings. The average Bonchev–Trinajstić information content (AvgIpc) is 2.76. The molecule has 1 aromatic heterocycles. The van der Waals surface area contributed by atoms with Gasteiger partial charge in [-0.15, -0.1) is 11.6 Å². The number of alkyl halides is 1. The van der Waals surface area contributed by atoms with Crippen molar-refractivity contribution in [2.45, 2.75) is 25.8 Å². The van der Waals surface area contributed by atoms with E-state index in [1.54, 1.807) is 0 Å². The first kappa shape index (κ1) is 15.1. The van der Waals surface area contributed by atoms with Crippen LogP contribution in [-0.4, -0.2) is 40.5 Å². The first-order valence-corrected chi connectivity index (χ1v) is 8.42. The number of hydrogen-bond donors (Lipinski definition) is 0. The van der Waals surface area contributed by atoms with Crippen molar-refractivity contribution in [1.29, 1.82) is 0 Å². The molecule has 3 rings (SSSR count). The second kappa shape index (κ2) is 6.15. The zero-order chi connectivity index (χ0) is 15.0. The van der Waals surface area contributed by atoms with E-state index in [1.807, 2.05) is 12.1 Å². The minimum atomic E-state index is 0.491. The summed E-state index contributed by atoms with van der Waals surface area (Å²) in [6, 6.07) is 6.48. The predicted molar refractivity (Wildman–Crippen MR) is 89.5 cm³/mol. The zero-order valence-corrected chi connectivity index (χ0v) is 14.0. The highest BCUT2D eigenvalue weighted by Gasteiger charge is 2.28. The number of halogens is 2. The summed E-state index contributed by atoms with van der Waals surface area (Å²) >= 11 is 12.1. The molecule has 2 atom stereocenters. The highest BCUT2D eigenvalue weighted by molar-refractivity contribution is 6.31. The predicted octanol–water partition coefficient (Wildman–Crippen LogP) is 3.98. The summed E-state index contributed by atoms with van der Waals surface area (Å²) in [5.41, 5.74) is 2.16. The Kier molecular flexibility index (Phi) is 4.43. The summed E-state index contributed by atoms with van der Waals surface area (Å²) in [7, 11) is 2.19. The molecule has 1 aromatic carbocycles. The van der Waals surface area contributed by atoms with Gasteiger partial charge in [0.05, 0.1) is 11.0 Å². The Labute approximate surface area is 135 Å². The minimum Gasteiger partial charge on any atom is -0.324 e. The molecule has 0 aliphatic carbocycles. The van der Waals surface area contributed by atoms with Crippen molar-refractivity contribution in [2.75, 3.05) is 26.0 Å². The van der Waals surface area contributed by atoms with Gasteiger partial charge in [0.15, 0.2) is 0 Å².